The monoisotopic (exact) mass is 298 g/mol. The molecule has 1 atom stereocenters. The Morgan fingerprint density at radius 1 is 1.48 bits per heavy atom. The molecule has 0 aliphatic heterocycles. The van der Waals surface area contributed by atoms with Gasteiger partial charge in [-0.2, -0.15) is 0 Å². The van der Waals surface area contributed by atoms with E-state index in [1.54, 1.807) is 0 Å². The molecule has 8 heteroatoms. The summed E-state index contributed by atoms with van der Waals surface area (Å²) in [4.78, 5) is 22.1. The average Bonchev–Trinajstić information content (AvgIpc) is 2.46. The third kappa shape index (κ3) is 5.01. The number of benzene rings is 1. The molecule has 1 aromatic carbocycles. The van der Waals surface area contributed by atoms with Crippen molar-refractivity contribution in [2.24, 2.45) is 0 Å². The highest BCUT2D eigenvalue weighted by atomic mass is 16.6. The molecule has 1 unspecified atom stereocenters. The van der Waals surface area contributed by atoms with Crippen LogP contribution >= 0.6 is 0 Å². The van der Waals surface area contributed by atoms with Crippen LogP contribution in [-0.2, 0) is 4.74 Å². The molecular formula is C13H18N2O6. The van der Waals surface area contributed by atoms with Crippen LogP contribution < -0.4 is 10.1 Å². The Morgan fingerprint density at radius 3 is 2.76 bits per heavy atom. The van der Waals surface area contributed by atoms with Crippen molar-refractivity contribution in [2.75, 3.05) is 27.4 Å². The van der Waals surface area contributed by atoms with E-state index in [4.69, 9.17) is 9.47 Å². The number of nitro benzene ring substituents is 1. The van der Waals surface area contributed by atoms with Crippen LogP contribution in [0.1, 0.15) is 16.8 Å². The van der Waals surface area contributed by atoms with Crippen LogP contribution in [0.2, 0.25) is 0 Å². The Morgan fingerprint density at radius 2 is 2.19 bits per heavy atom. The number of hydrogen-bond acceptors (Lipinski definition) is 6. The number of amides is 1. The predicted molar refractivity (Wildman–Crippen MR) is 74.5 cm³/mol. The van der Waals surface area contributed by atoms with Gasteiger partial charge in [-0.25, -0.2) is 0 Å². The normalized spacial score (nSPS) is 11.8. The van der Waals surface area contributed by atoms with Gasteiger partial charge in [0.15, 0.2) is 5.75 Å². The number of rotatable bonds is 8. The minimum absolute atomic E-state index is 0.0899. The van der Waals surface area contributed by atoms with Gasteiger partial charge in [-0.3, -0.25) is 14.9 Å². The fourth-order valence-corrected chi connectivity index (χ4v) is 1.70. The molecule has 0 spiro atoms. The fourth-order valence-electron chi connectivity index (χ4n) is 1.70. The van der Waals surface area contributed by atoms with E-state index in [9.17, 15) is 20.0 Å². The van der Waals surface area contributed by atoms with Crippen LogP contribution in [-0.4, -0.2) is 49.4 Å². The lowest BCUT2D eigenvalue weighted by Crippen LogP contribution is -2.28. The van der Waals surface area contributed by atoms with Gasteiger partial charge in [0.2, 0.25) is 0 Å². The summed E-state index contributed by atoms with van der Waals surface area (Å²) in [7, 11) is 2.79. The zero-order chi connectivity index (χ0) is 15.8. The van der Waals surface area contributed by atoms with Crippen molar-refractivity contribution in [3.05, 3.63) is 33.9 Å². The molecule has 0 radical (unpaired) electrons. The molecule has 1 aromatic rings. The number of aliphatic hydroxyl groups is 1. The van der Waals surface area contributed by atoms with Gasteiger partial charge >= 0.3 is 5.69 Å². The number of aliphatic hydroxyl groups excluding tert-OH is 1. The van der Waals surface area contributed by atoms with Gasteiger partial charge in [0.1, 0.15) is 0 Å². The lowest BCUT2D eigenvalue weighted by molar-refractivity contribution is -0.385. The molecule has 0 saturated heterocycles. The Bertz CT molecular complexity index is 505. The standard InChI is InChI=1S/C13H18N2O6/c1-20-8-10(16)5-6-14-13(17)9-3-4-12(21-2)11(7-9)15(18)19/h3-4,7,10,16H,5-6,8H2,1-2H3,(H,14,17). The average molecular weight is 298 g/mol. The summed E-state index contributed by atoms with van der Waals surface area (Å²) in [5.74, 6) is -0.363. The van der Waals surface area contributed by atoms with Crippen molar-refractivity contribution in [3.8, 4) is 5.75 Å². The number of ether oxygens (including phenoxy) is 2. The van der Waals surface area contributed by atoms with E-state index in [1.165, 1.54) is 26.4 Å². The van der Waals surface area contributed by atoms with E-state index in [-0.39, 0.29) is 30.2 Å². The smallest absolute Gasteiger partial charge is 0.311 e. The number of nitrogens with zero attached hydrogens (tertiary/aromatic N) is 1. The van der Waals surface area contributed by atoms with Gasteiger partial charge in [0.05, 0.1) is 24.7 Å². The van der Waals surface area contributed by atoms with Crippen molar-refractivity contribution in [1.29, 1.82) is 0 Å². The molecule has 0 aromatic heterocycles. The second-order valence-corrected chi connectivity index (χ2v) is 4.30. The van der Waals surface area contributed by atoms with Gasteiger partial charge in [0, 0.05) is 25.3 Å². The maximum absolute atomic E-state index is 11.9. The van der Waals surface area contributed by atoms with Gasteiger partial charge in [-0.1, -0.05) is 0 Å². The molecule has 8 nitrogen and oxygen atoms in total. The van der Waals surface area contributed by atoms with E-state index in [1.807, 2.05) is 0 Å². The Balaban J connectivity index is 2.66. The van der Waals surface area contributed by atoms with Crippen LogP contribution in [0.25, 0.3) is 0 Å². The number of hydrogen-bond donors (Lipinski definition) is 2. The summed E-state index contributed by atoms with van der Waals surface area (Å²) in [5, 5.41) is 22.9. The zero-order valence-corrected chi connectivity index (χ0v) is 11.9. The number of carbonyl (C=O) groups excluding carboxylic acids is 1. The number of carbonyl (C=O) groups is 1. The van der Waals surface area contributed by atoms with Gasteiger partial charge in [-0.15, -0.1) is 0 Å². The van der Waals surface area contributed by atoms with Gasteiger partial charge in [-0.05, 0) is 18.6 Å². The highest BCUT2D eigenvalue weighted by molar-refractivity contribution is 5.95. The van der Waals surface area contributed by atoms with Crippen LogP contribution in [0.15, 0.2) is 18.2 Å². The Hall–Kier alpha value is -2.19. The zero-order valence-electron chi connectivity index (χ0n) is 11.9. The maximum atomic E-state index is 11.9. The fraction of sp³-hybridized carbons (Fsp3) is 0.462. The molecule has 2 N–H and O–H groups in total. The minimum atomic E-state index is -0.666. The number of methoxy groups -OCH3 is 2. The van der Waals surface area contributed by atoms with Crippen LogP contribution in [0.5, 0.6) is 5.75 Å². The van der Waals surface area contributed by atoms with Crippen molar-refractivity contribution >= 4 is 11.6 Å². The van der Waals surface area contributed by atoms with Gasteiger partial charge in [0.25, 0.3) is 5.91 Å². The molecule has 0 bridgehead atoms. The van der Waals surface area contributed by atoms with E-state index in [0.29, 0.717) is 6.42 Å². The summed E-state index contributed by atoms with van der Waals surface area (Å²) in [6, 6.07) is 3.96. The van der Waals surface area contributed by atoms with Gasteiger partial charge < -0.3 is 19.9 Å². The first kappa shape index (κ1) is 16.9. The molecule has 0 saturated carbocycles. The van der Waals surface area contributed by atoms with E-state index in [2.05, 4.69) is 5.32 Å². The van der Waals surface area contributed by atoms with E-state index in [0.717, 1.165) is 6.07 Å². The summed E-state index contributed by atoms with van der Waals surface area (Å²) < 4.78 is 9.62. The van der Waals surface area contributed by atoms with E-state index >= 15 is 0 Å². The molecular weight excluding hydrogens is 280 g/mol. The Labute approximate surface area is 121 Å². The van der Waals surface area contributed by atoms with Crippen molar-refractivity contribution in [2.45, 2.75) is 12.5 Å². The molecule has 0 heterocycles. The first-order chi connectivity index (χ1) is 9.99. The lowest BCUT2D eigenvalue weighted by Gasteiger charge is -2.10. The second-order valence-electron chi connectivity index (χ2n) is 4.30. The summed E-state index contributed by atoms with van der Waals surface area (Å²) in [6.45, 7) is 0.424. The number of nitro groups is 1. The Kier molecular flexibility index (Phi) is 6.57. The molecule has 0 fully saturated rings. The molecule has 0 aliphatic rings. The molecule has 116 valence electrons. The SMILES string of the molecule is COCC(O)CCNC(=O)c1ccc(OC)c([N+](=O)[O-])c1. The summed E-state index contributed by atoms with van der Waals surface area (Å²) >= 11 is 0. The van der Waals surface area contributed by atoms with Crippen LogP contribution in [0.3, 0.4) is 0 Å². The van der Waals surface area contributed by atoms with Crippen molar-refractivity contribution < 1.29 is 24.3 Å². The van der Waals surface area contributed by atoms with Crippen LogP contribution in [0, 0.1) is 10.1 Å². The van der Waals surface area contributed by atoms with E-state index < -0.39 is 16.9 Å². The maximum Gasteiger partial charge on any atom is 0.311 e. The highest BCUT2D eigenvalue weighted by Gasteiger charge is 2.18. The third-order valence-corrected chi connectivity index (χ3v) is 2.76. The second kappa shape index (κ2) is 8.18. The molecule has 21 heavy (non-hydrogen) atoms. The molecule has 0 aliphatic carbocycles. The molecule has 1 amide bonds. The first-order valence-electron chi connectivity index (χ1n) is 6.27. The first-order valence-corrected chi connectivity index (χ1v) is 6.27. The quantitative estimate of drug-likeness (QED) is 0.540. The third-order valence-electron chi connectivity index (χ3n) is 2.76. The number of nitrogens with one attached hydrogen (secondary N) is 1. The topological polar surface area (TPSA) is 111 Å². The highest BCUT2D eigenvalue weighted by Crippen LogP contribution is 2.27. The van der Waals surface area contributed by atoms with Crippen molar-refractivity contribution in [1.82, 2.24) is 5.32 Å². The van der Waals surface area contributed by atoms with Crippen molar-refractivity contribution in [3.63, 3.8) is 0 Å². The summed E-state index contributed by atoms with van der Waals surface area (Å²) in [5.41, 5.74) is -0.117. The summed E-state index contributed by atoms with van der Waals surface area (Å²) in [6.07, 6.45) is -0.335. The lowest BCUT2D eigenvalue weighted by atomic mass is 10.1. The minimum Gasteiger partial charge on any atom is -0.490 e. The largest absolute Gasteiger partial charge is 0.490 e. The molecule has 1 rings (SSSR count). The predicted octanol–water partition coefficient (Wildman–Crippen LogP) is 0.731. The van der Waals surface area contributed by atoms with Crippen LogP contribution in [0.4, 0.5) is 5.69 Å².